The topological polar surface area (TPSA) is 48.1 Å². The number of hydrogen-bond acceptors (Lipinski definition) is 5. The van der Waals surface area contributed by atoms with Gasteiger partial charge in [-0.25, -0.2) is 4.79 Å². The fraction of sp³-hybridized carbons (Fsp3) is 0.267. The summed E-state index contributed by atoms with van der Waals surface area (Å²) in [7, 11) is 1.34. The van der Waals surface area contributed by atoms with Gasteiger partial charge in [0.15, 0.2) is 0 Å². The zero-order valence-corrected chi connectivity index (χ0v) is 13.9. The molecule has 116 valence electrons. The van der Waals surface area contributed by atoms with Crippen molar-refractivity contribution in [2.75, 3.05) is 20.3 Å². The number of thiophene rings is 1. The predicted molar refractivity (Wildman–Crippen MR) is 86.3 cm³/mol. The highest BCUT2D eigenvalue weighted by Crippen LogP contribution is 2.39. The second-order valence-corrected chi connectivity index (χ2v) is 7.03. The number of carbonyl (C=O) groups is 1. The highest BCUT2D eigenvalue weighted by atomic mass is 35.5. The lowest BCUT2D eigenvalue weighted by atomic mass is 10.1. The van der Waals surface area contributed by atoms with E-state index in [-0.39, 0.29) is 6.10 Å². The van der Waals surface area contributed by atoms with Crippen LogP contribution in [-0.4, -0.2) is 32.4 Å². The summed E-state index contributed by atoms with van der Waals surface area (Å²) in [5.74, 6) is 0.124. The van der Waals surface area contributed by atoms with Crippen LogP contribution in [0.5, 0.6) is 5.75 Å². The standard InChI is InChI=1S/C15H12Cl2O4S/c1-19-15(18)9-2-8(12-5-13(16)22-14(12)17)3-10(4-9)20-6-11-7-21-11/h2-5,11H,6-7H2,1H3. The lowest BCUT2D eigenvalue weighted by Crippen LogP contribution is -2.06. The van der Waals surface area contributed by atoms with Crippen LogP contribution in [0.4, 0.5) is 0 Å². The van der Waals surface area contributed by atoms with Crippen LogP contribution in [0.3, 0.4) is 0 Å². The van der Waals surface area contributed by atoms with Crippen molar-refractivity contribution >= 4 is 40.5 Å². The van der Waals surface area contributed by atoms with Gasteiger partial charge in [-0.2, -0.15) is 0 Å². The van der Waals surface area contributed by atoms with Crippen molar-refractivity contribution in [3.8, 4) is 16.9 Å². The molecule has 0 spiro atoms. The van der Waals surface area contributed by atoms with Crippen LogP contribution < -0.4 is 4.74 Å². The van der Waals surface area contributed by atoms with Gasteiger partial charge < -0.3 is 14.2 Å². The first-order valence-corrected chi connectivity index (χ1v) is 8.07. The Bertz CT molecular complexity index is 710. The van der Waals surface area contributed by atoms with E-state index in [1.54, 1.807) is 18.2 Å². The average Bonchev–Trinajstić information content (AvgIpc) is 3.27. The number of rotatable bonds is 5. The maximum Gasteiger partial charge on any atom is 0.338 e. The molecule has 0 N–H and O–H groups in total. The number of carbonyl (C=O) groups excluding carboxylic acids is 1. The Morgan fingerprint density at radius 1 is 1.36 bits per heavy atom. The Hall–Kier alpha value is -1.27. The van der Waals surface area contributed by atoms with E-state index in [1.165, 1.54) is 18.4 Å². The molecule has 1 saturated heterocycles. The number of epoxide rings is 1. The predicted octanol–water partition coefficient (Wildman–Crippen LogP) is 4.29. The Kier molecular flexibility index (Phi) is 4.59. The highest BCUT2D eigenvalue weighted by molar-refractivity contribution is 7.20. The van der Waals surface area contributed by atoms with E-state index < -0.39 is 5.97 Å². The van der Waals surface area contributed by atoms with Crippen molar-refractivity contribution in [3.63, 3.8) is 0 Å². The second-order valence-electron chi connectivity index (χ2n) is 4.74. The molecule has 2 aromatic rings. The molecule has 0 aliphatic carbocycles. The quantitative estimate of drug-likeness (QED) is 0.590. The summed E-state index contributed by atoms with van der Waals surface area (Å²) >= 11 is 13.5. The molecule has 1 aliphatic heterocycles. The van der Waals surface area contributed by atoms with E-state index in [4.69, 9.17) is 37.4 Å². The van der Waals surface area contributed by atoms with Crippen LogP contribution in [0.2, 0.25) is 8.67 Å². The lowest BCUT2D eigenvalue weighted by Gasteiger charge is -2.09. The smallest absolute Gasteiger partial charge is 0.338 e. The van der Waals surface area contributed by atoms with Gasteiger partial charge in [-0.3, -0.25) is 0 Å². The summed E-state index contributed by atoms with van der Waals surface area (Å²) in [6.07, 6.45) is 0.129. The van der Waals surface area contributed by atoms with Crippen molar-refractivity contribution in [1.29, 1.82) is 0 Å². The number of halogens is 2. The Balaban J connectivity index is 1.97. The van der Waals surface area contributed by atoms with Gasteiger partial charge in [0.2, 0.25) is 0 Å². The normalized spacial score (nSPS) is 16.4. The van der Waals surface area contributed by atoms with Crippen LogP contribution >= 0.6 is 34.5 Å². The molecule has 1 aromatic carbocycles. The van der Waals surface area contributed by atoms with Crippen LogP contribution in [0.15, 0.2) is 24.3 Å². The molecule has 1 aliphatic rings. The van der Waals surface area contributed by atoms with Crippen LogP contribution in [0.25, 0.3) is 11.1 Å². The van der Waals surface area contributed by atoms with Gasteiger partial charge in [0.25, 0.3) is 0 Å². The van der Waals surface area contributed by atoms with Gasteiger partial charge in [0.05, 0.1) is 23.6 Å². The molecule has 0 amide bonds. The summed E-state index contributed by atoms with van der Waals surface area (Å²) in [6.45, 7) is 1.15. The molecule has 0 radical (unpaired) electrons. The Labute approximate surface area is 141 Å². The van der Waals surface area contributed by atoms with Crippen LogP contribution in [0.1, 0.15) is 10.4 Å². The van der Waals surface area contributed by atoms with E-state index >= 15 is 0 Å². The maximum absolute atomic E-state index is 11.8. The van der Waals surface area contributed by atoms with Gasteiger partial charge in [0.1, 0.15) is 22.8 Å². The summed E-state index contributed by atoms with van der Waals surface area (Å²) in [5, 5.41) is 0. The van der Waals surface area contributed by atoms with E-state index in [0.29, 0.717) is 33.2 Å². The number of hydrogen-bond donors (Lipinski definition) is 0. The van der Waals surface area contributed by atoms with Crippen LogP contribution in [-0.2, 0) is 9.47 Å². The van der Waals surface area contributed by atoms with Gasteiger partial charge in [0, 0.05) is 5.56 Å². The maximum atomic E-state index is 11.8. The minimum Gasteiger partial charge on any atom is -0.491 e. The molecule has 2 heterocycles. The molecule has 4 nitrogen and oxygen atoms in total. The third-order valence-electron chi connectivity index (χ3n) is 3.13. The molecule has 1 atom stereocenters. The molecule has 3 rings (SSSR count). The highest BCUT2D eigenvalue weighted by Gasteiger charge is 2.23. The average molecular weight is 359 g/mol. The molecule has 1 unspecified atom stereocenters. The van der Waals surface area contributed by atoms with E-state index in [2.05, 4.69) is 0 Å². The Morgan fingerprint density at radius 2 is 2.14 bits per heavy atom. The molecule has 1 fully saturated rings. The van der Waals surface area contributed by atoms with Crippen molar-refractivity contribution in [3.05, 3.63) is 38.5 Å². The van der Waals surface area contributed by atoms with Gasteiger partial charge in [-0.05, 0) is 29.8 Å². The first-order valence-electron chi connectivity index (χ1n) is 6.50. The Morgan fingerprint density at radius 3 is 2.73 bits per heavy atom. The first kappa shape index (κ1) is 15.6. The van der Waals surface area contributed by atoms with Gasteiger partial charge >= 0.3 is 5.97 Å². The molecular weight excluding hydrogens is 347 g/mol. The second kappa shape index (κ2) is 6.46. The molecule has 1 aromatic heterocycles. The first-order chi connectivity index (χ1) is 10.6. The molecule has 22 heavy (non-hydrogen) atoms. The summed E-state index contributed by atoms with van der Waals surface area (Å²) in [5.41, 5.74) is 1.91. The van der Waals surface area contributed by atoms with Gasteiger partial charge in [-0.1, -0.05) is 23.2 Å². The SMILES string of the molecule is COC(=O)c1cc(OCC2CO2)cc(-c2cc(Cl)sc2Cl)c1. The van der Waals surface area contributed by atoms with E-state index in [9.17, 15) is 4.79 Å². The van der Waals surface area contributed by atoms with Crippen molar-refractivity contribution < 1.29 is 19.0 Å². The monoisotopic (exact) mass is 358 g/mol. The summed E-state index contributed by atoms with van der Waals surface area (Å²) in [6, 6.07) is 6.92. The fourth-order valence-corrected chi connectivity index (χ4v) is 3.47. The molecule has 7 heteroatoms. The zero-order valence-electron chi connectivity index (χ0n) is 11.6. The minimum atomic E-state index is -0.438. The van der Waals surface area contributed by atoms with E-state index in [1.807, 2.05) is 6.07 Å². The minimum absolute atomic E-state index is 0.129. The number of ether oxygens (including phenoxy) is 3. The van der Waals surface area contributed by atoms with Crippen LogP contribution in [0, 0.1) is 0 Å². The number of esters is 1. The molecule has 0 saturated carbocycles. The third-order valence-corrected chi connectivity index (χ3v) is 4.62. The van der Waals surface area contributed by atoms with Crippen molar-refractivity contribution in [2.45, 2.75) is 6.10 Å². The number of benzene rings is 1. The molecular formula is C15H12Cl2O4S. The summed E-state index contributed by atoms with van der Waals surface area (Å²) < 4.78 is 16.7. The summed E-state index contributed by atoms with van der Waals surface area (Å²) in [4.78, 5) is 11.8. The van der Waals surface area contributed by atoms with E-state index in [0.717, 1.165) is 11.1 Å². The van der Waals surface area contributed by atoms with Crippen molar-refractivity contribution in [1.82, 2.24) is 0 Å². The zero-order chi connectivity index (χ0) is 15.7. The lowest BCUT2D eigenvalue weighted by molar-refractivity contribution is 0.0600. The fourth-order valence-electron chi connectivity index (χ4n) is 1.96. The molecule has 0 bridgehead atoms. The number of methoxy groups -OCH3 is 1. The third kappa shape index (κ3) is 3.55. The van der Waals surface area contributed by atoms with Gasteiger partial charge in [-0.15, -0.1) is 11.3 Å². The largest absolute Gasteiger partial charge is 0.491 e. The van der Waals surface area contributed by atoms with Crippen molar-refractivity contribution in [2.24, 2.45) is 0 Å².